The average Bonchev–Trinajstić information content (AvgIpc) is 2.91. The van der Waals surface area contributed by atoms with E-state index < -0.39 is 23.1 Å². The van der Waals surface area contributed by atoms with Crippen molar-refractivity contribution in [1.82, 2.24) is 9.80 Å². The summed E-state index contributed by atoms with van der Waals surface area (Å²) in [6.45, 7) is 7.06. The number of ether oxygens (including phenoxy) is 1. The van der Waals surface area contributed by atoms with Gasteiger partial charge in [0.05, 0.1) is 10.9 Å². The van der Waals surface area contributed by atoms with Crippen LogP contribution in [0.3, 0.4) is 0 Å². The van der Waals surface area contributed by atoms with Crippen molar-refractivity contribution in [2.75, 3.05) is 26.2 Å². The van der Waals surface area contributed by atoms with E-state index in [-0.39, 0.29) is 34.6 Å². The van der Waals surface area contributed by atoms with Crippen LogP contribution in [0.5, 0.6) is 17.2 Å². The molecule has 0 amide bonds. The van der Waals surface area contributed by atoms with E-state index in [0.29, 0.717) is 29.2 Å². The molecule has 6 nitrogen and oxygen atoms in total. The number of hydrogen-bond donors (Lipinski definition) is 1. The minimum atomic E-state index is -5.02. The quantitative estimate of drug-likeness (QED) is 0.271. The van der Waals surface area contributed by atoms with Crippen molar-refractivity contribution in [2.45, 2.75) is 33.1 Å². The van der Waals surface area contributed by atoms with Crippen molar-refractivity contribution in [1.29, 1.82) is 0 Å². The van der Waals surface area contributed by atoms with Gasteiger partial charge in [0, 0.05) is 44.3 Å². The Kier molecular flexibility index (Phi) is 7.81. The smallest absolute Gasteiger partial charge is 0.453 e. The molecule has 2 heterocycles. The summed E-state index contributed by atoms with van der Waals surface area (Å²) in [5, 5.41) is 11.0. The van der Waals surface area contributed by atoms with Crippen molar-refractivity contribution in [3.63, 3.8) is 0 Å². The lowest BCUT2D eigenvalue weighted by Gasteiger charge is -2.34. The van der Waals surface area contributed by atoms with Gasteiger partial charge in [-0.3, -0.25) is 14.6 Å². The maximum Gasteiger partial charge on any atom is 0.453 e. The van der Waals surface area contributed by atoms with Crippen LogP contribution in [0.1, 0.15) is 28.0 Å². The molecular weight excluding hydrogens is 545 g/mol. The molecule has 0 unspecified atom stereocenters. The molecule has 1 aliphatic heterocycles. The zero-order valence-corrected chi connectivity index (χ0v) is 22.8. The molecule has 0 saturated carbocycles. The molecule has 5 rings (SSSR count). The second-order valence-electron chi connectivity index (χ2n) is 10.0. The largest absolute Gasteiger partial charge is 0.507 e. The van der Waals surface area contributed by atoms with Gasteiger partial charge < -0.3 is 14.3 Å². The molecule has 1 fully saturated rings. The standard InChI is InChI=1S/C30H28ClF3N2O4/c1-18-14-21(15-19(2)25(18)31)39-28-26(38)22-8-9-24(37)23(27(22)40-29(28)30(32,33)34)17-36-12-10-35(11-13-36)16-20-6-4-3-5-7-20/h3-9,14-15,37H,10-13,16-17H2,1-2H3. The first-order chi connectivity index (χ1) is 19.0. The number of aryl methyl sites for hydroxylation is 2. The SMILES string of the molecule is Cc1cc(Oc2c(C(F)(F)F)oc3c(CN4CCN(Cc5ccccc5)CC4)c(O)ccc3c2=O)cc(C)c1Cl. The fourth-order valence-electron chi connectivity index (χ4n) is 4.97. The van der Waals surface area contributed by atoms with Crippen molar-refractivity contribution >= 4 is 22.6 Å². The highest BCUT2D eigenvalue weighted by molar-refractivity contribution is 6.32. The number of halogens is 4. The Hall–Kier alpha value is -3.53. The third-order valence-electron chi connectivity index (χ3n) is 7.08. The molecule has 10 heteroatoms. The topological polar surface area (TPSA) is 66.2 Å². The number of phenols is 1. The molecule has 1 saturated heterocycles. The Balaban J connectivity index is 1.46. The zero-order valence-electron chi connectivity index (χ0n) is 22.0. The van der Waals surface area contributed by atoms with Gasteiger partial charge in [-0.15, -0.1) is 0 Å². The first-order valence-corrected chi connectivity index (χ1v) is 13.2. The number of phenolic OH excluding ortho intramolecular Hbond substituents is 1. The van der Waals surface area contributed by atoms with Crippen LogP contribution in [-0.4, -0.2) is 41.1 Å². The molecule has 0 atom stereocenters. The van der Waals surface area contributed by atoms with Crippen LogP contribution in [0.15, 0.2) is 63.8 Å². The molecule has 210 valence electrons. The summed E-state index contributed by atoms with van der Waals surface area (Å²) in [7, 11) is 0. The lowest BCUT2D eigenvalue weighted by atomic mass is 10.1. The average molecular weight is 573 g/mol. The summed E-state index contributed by atoms with van der Waals surface area (Å²) in [5.41, 5.74) is 1.22. The Labute approximate surface area is 234 Å². The minimum Gasteiger partial charge on any atom is -0.507 e. The molecule has 40 heavy (non-hydrogen) atoms. The number of piperazine rings is 1. The number of alkyl halides is 3. The first kappa shape index (κ1) is 28.0. The Bertz CT molecular complexity index is 1570. The molecule has 0 radical (unpaired) electrons. The van der Waals surface area contributed by atoms with E-state index in [1.807, 2.05) is 23.1 Å². The van der Waals surface area contributed by atoms with Gasteiger partial charge in [-0.05, 0) is 54.8 Å². The molecule has 4 aromatic rings. The summed E-state index contributed by atoms with van der Waals surface area (Å²) >= 11 is 6.18. The van der Waals surface area contributed by atoms with Gasteiger partial charge in [-0.1, -0.05) is 41.9 Å². The van der Waals surface area contributed by atoms with E-state index in [1.54, 1.807) is 13.8 Å². The van der Waals surface area contributed by atoms with Gasteiger partial charge in [0.15, 0.2) is 0 Å². The van der Waals surface area contributed by atoms with Gasteiger partial charge in [0.1, 0.15) is 17.1 Å². The third kappa shape index (κ3) is 5.82. The number of hydrogen-bond acceptors (Lipinski definition) is 6. The van der Waals surface area contributed by atoms with Gasteiger partial charge in [-0.25, -0.2) is 0 Å². The highest BCUT2D eigenvalue weighted by Crippen LogP contribution is 2.40. The molecule has 1 aromatic heterocycles. The van der Waals surface area contributed by atoms with E-state index in [0.717, 1.165) is 19.6 Å². The van der Waals surface area contributed by atoms with Crippen LogP contribution < -0.4 is 10.2 Å². The van der Waals surface area contributed by atoms with Crippen LogP contribution >= 0.6 is 11.6 Å². The van der Waals surface area contributed by atoms with Crippen molar-refractivity contribution < 1.29 is 27.4 Å². The highest BCUT2D eigenvalue weighted by Gasteiger charge is 2.41. The van der Waals surface area contributed by atoms with Gasteiger partial charge in [0.2, 0.25) is 11.2 Å². The van der Waals surface area contributed by atoms with Crippen LogP contribution in [0.2, 0.25) is 5.02 Å². The number of fused-ring (bicyclic) bond motifs is 1. The molecule has 0 spiro atoms. The summed E-state index contributed by atoms with van der Waals surface area (Å²) in [5.74, 6) is -2.74. The van der Waals surface area contributed by atoms with E-state index in [4.69, 9.17) is 20.8 Å². The Morgan fingerprint density at radius 2 is 1.55 bits per heavy atom. The van der Waals surface area contributed by atoms with E-state index >= 15 is 0 Å². The van der Waals surface area contributed by atoms with E-state index in [9.17, 15) is 23.1 Å². The normalized spacial score (nSPS) is 15.1. The maximum absolute atomic E-state index is 14.2. The highest BCUT2D eigenvalue weighted by atomic mass is 35.5. The third-order valence-corrected chi connectivity index (χ3v) is 7.68. The van der Waals surface area contributed by atoms with E-state index in [1.165, 1.54) is 29.8 Å². The van der Waals surface area contributed by atoms with Gasteiger partial charge in [0.25, 0.3) is 5.76 Å². The van der Waals surface area contributed by atoms with Crippen LogP contribution in [0.25, 0.3) is 11.0 Å². The summed E-state index contributed by atoms with van der Waals surface area (Å²) in [6, 6.07) is 15.5. The number of nitrogens with zero attached hydrogens (tertiary/aromatic N) is 2. The van der Waals surface area contributed by atoms with Crippen LogP contribution in [-0.2, 0) is 19.3 Å². The van der Waals surface area contributed by atoms with Gasteiger partial charge >= 0.3 is 6.18 Å². The molecule has 1 aliphatic rings. The second kappa shape index (κ2) is 11.2. The second-order valence-corrected chi connectivity index (χ2v) is 10.4. The summed E-state index contributed by atoms with van der Waals surface area (Å²) in [6.07, 6.45) is -5.02. The van der Waals surface area contributed by atoms with Crippen molar-refractivity contribution in [3.05, 3.63) is 97.9 Å². The molecule has 0 aliphatic carbocycles. The zero-order chi connectivity index (χ0) is 28.6. The lowest BCUT2D eigenvalue weighted by molar-refractivity contribution is -0.154. The predicted molar refractivity (Wildman–Crippen MR) is 147 cm³/mol. The van der Waals surface area contributed by atoms with Crippen LogP contribution in [0, 0.1) is 13.8 Å². The van der Waals surface area contributed by atoms with Crippen LogP contribution in [0.4, 0.5) is 13.2 Å². The minimum absolute atomic E-state index is 0.0314. The lowest BCUT2D eigenvalue weighted by Crippen LogP contribution is -2.45. The monoisotopic (exact) mass is 572 g/mol. The molecule has 1 N–H and O–H groups in total. The fourth-order valence-corrected chi connectivity index (χ4v) is 5.08. The maximum atomic E-state index is 14.2. The summed E-state index contributed by atoms with van der Waals surface area (Å²) < 4.78 is 53.4. The molecule has 0 bridgehead atoms. The van der Waals surface area contributed by atoms with E-state index in [2.05, 4.69) is 17.0 Å². The first-order valence-electron chi connectivity index (χ1n) is 12.8. The summed E-state index contributed by atoms with van der Waals surface area (Å²) in [4.78, 5) is 17.7. The fraction of sp³-hybridized carbons (Fsp3) is 0.300. The van der Waals surface area contributed by atoms with Gasteiger partial charge in [-0.2, -0.15) is 13.2 Å². The molecule has 3 aromatic carbocycles. The predicted octanol–water partition coefficient (Wildman–Crippen LogP) is 6.90. The molecular formula is C30H28ClF3N2O4. The van der Waals surface area contributed by atoms with Crippen molar-refractivity contribution in [3.8, 4) is 17.2 Å². The number of rotatable bonds is 6. The number of benzene rings is 3. The Morgan fingerprint density at radius 3 is 2.15 bits per heavy atom. The van der Waals surface area contributed by atoms with Crippen molar-refractivity contribution in [2.24, 2.45) is 0 Å². The Morgan fingerprint density at radius 1 is 0.950 bits per heavy atom. The number of aromatic hydroxyl groups is 1.